The minimum absolute atomic E-state index is 0.00415. The maximum Gasteiger partial charge on any atom is 0.223 e. The summed E-state index contributed by atoms with van der Waals surface area (Å²) in [4.78, 5) is 32.0. The minimum Gasteiger partial charge on any atom is -0.369 e. The molecule has 1 saturated heterocycles. The molecule has 1 fully saturated rings. The van der Waals surface area contributed by atoms with Gasteiger partial charge in [-0.05, 0) is 24.1 Å². The molecule has 2 amide bonds. The van der Waals surface area contributed by atoms with Gasteiger partial charge in [-0.1, -0.05) is 0 Å². The highest BCUT2D eigenvalue weighted by atomic mass is 16.2. The summed E-state index contributed by atoms with van der Waals surface area (Å²) >= 11 is 0. The summed E-state index contributed by atoms with van der Waals surface area (Å²) in [5, 5.41) is 1.06. The number of nitrogens with zero attached hydrogens (tertiary/aromatic N) is 2. The molecule has 1 unspecified atom stereocenters. The van der Waals surface area contributed by atoms with Gasteiger partial charge in [-0.2, -0.15) is 0 Å². The maximum atomic E-state index is 11.8. The van der Waals surface area contributed by atoms with Gasteiger partial charge in [0.15, 0.2) is 0 Å². The van der Waals surface area contributed by atoms with E-state index >= 15 is 0 Å². The zero-order valence-electron chi connectivity index (χ0n) is 11.0. The van der Waals surface area contributed by atoms with Gasteiger partial charge in [0.1, 0.15) is 5.65 Å². The molecular weight excluding hydrogens is 256 g/mol. The third-order valence-corrected chi connectivity index (χ3v) is 3.74. The second kappa shape index (κ2) is 4.96. The van der Waals surface area contributed by atoms with Gasteiger partial charge in [0.05, 0.1) is 5.92 Å². The van der Waals surface area contributed by atoms with Crippen molar-refractivity contribution in [3.05, 3.63) is 30.1 Å². The van der Waals surface area contributed by atoms with Crippen LogP contribution in [0.3, 0.4) is 0 Å². The maximum absolute atomic E-state index is 11.8. The van der Waals surface area contributed by atoms with Crippen LogP contribution in [-0.2, 0) is 16.0 Å². The highest BCUT2D eigenvalue weighted by Gasteiger charge is 2.32. The molecule has 6 nitrogen and oxygen atoms in total. The van der Waals surface area contributed by atoms with Crippen LogP contribution in [0.1, 0.15) is 12.0 Å². The van der Waals surface area contributed by atoms with Gasteiger partial charge in [0, 0.05) is 37.3 Å². The van der Waals surface area contributed by atoms with Crippen LogP contribution < -0.4 is 5.73 Å². The molecule has 0 saturated carbocycles. The van der Waals surface area contributed by atoms with Crippen LogP contribution in [0.5, 0.6) is 0 Å². The van der Waals surface area contributed by atoms with Gasteiger partial charge in [-0.3, -0.25) is 9.59 Å². The highest BCUT2D eigenvalue weighted by molar-refractivity contribution is 5.88. The van der Waals surface area contributed by atoms with Crippen LogP contribution in [0.25, 0.3) is 11.0 Å². The molecule has 0 aromatic carbocycles. The molecule has 2 aromatic heterocycles. The van der Waals surface area contributed by atoms with E-state index in [1.165, 1.54) is 0 Å². The van der Waals surface area contributed by atoms with Gasteiger partial charge in [0.25, 0.3) is 0 Å². The van der Waals surface area contributed by atoms with Crippen molar-refractivity contribution in [3.63, 3.8) is 0 Å². The number of carbonyl (C=O) groups is 2. The molecule has 1 aliphatic rings. The number of rotatable bonds is 4. The molecule has 0 spiro atoms. The molecule has 1 aliphatic heterocycles. The van der Waals surface area contributed by atoms with Crippen LogP contribution in [-0.4, -0.2) is 39.8 Å². The number of hydrogen-bond donors (Lipinski definition) is 2. The second-order valence-corrected chi connectivity index (χ2v) is 5.15. The fourth-order valence-electron chi connectivity index (χ4n) is 2.56. The Balaban J connectivity index is 1.64. The van der Waals surface area contributed by atoms with E-state index in [0.29, 0.717) is 13.1 Å². The smallest absolute Gasteiger partial charge is 0.223 e. The zero-order valence-corrected chi connectivity index (χ0v) is 11.0. The van der Waals surface area contributed by atoms with Crippen molar-refractivity contribution in [1.82, 2.24) is 14.9 Å². The summed E-state index contributed by atoms with van der Waals surface area (Å²) in [5.74, 6) is -0.728. The molecule has 104 valence electrons. The average molecular weight is 272 g/mol. The summed E-state index contributed by atoms with van der Waals surface area (Å²) in [6, 6.07) is 4.03. The lowest BCUT2D eigenvalue weighted by Gasteiger charge is -2.15. The minimum atomic E-state index is -0.392. The molecule has 3 N–H and O–H groups in total. The van der Waals surface area contributed by atoms with Gasteiger partial charge in [0.2, 0.25) is 11.8 Å². The summed E-state index contributed by atoms with van der Waals surface area (Å²) in [5.41, 5.74) is 7.19. The fraction of sp³-hybridized carbons (Fsp3) is 0.357. The van der Waals surface area contributed by atoms with Gasteiger partial charge in [-0.25, -0.2) is 4.98 Å². The SMILES string of the molecule is NC(=O)C1CC(=O)N(CCc2cnc3[nH]ccc3c2)C1. The Morgan fingerprint density at radius 1 is 1.55 bits per heavy atom. The Morgan fingerprint density at radius 3 is 3.15 bits per heavy atom. The van der Waals surface area contributed by atoms with Crippen molar-refractivity contribution >= 4 is 22.8 Å². The van der Waals surface area contributed by atoms with Crippen molar-refractivity contribution in [2.45, 2.75) is 12.8 Å². The molecule has 2 aromatic rings. The van der Waals surface area contributed by atoms with Crippen molar-refractivity contribution < 1.29 is 9.59 Å². The van der Waals surface area contributed by atoms with E-state index in [4.69, 9.17) is 5.73 Å². The Hall–Kier alpha value is -2.37. The standard InChI is InChI=1S/C14H16N4O2/c15-13(20)11-6-12(19)18(8-11)4-2-9-5-10-1-3-16-14(10)17-7-9/h1,3,5,7,11H,2,4,6,8H2,(H2,15,20)(H,16,17). The van der Waals surface area contributed by atoms with E-state index in [0.717, 1.165) is 23.0 Å². The number of likely N-dealkylation sites (tertiary alicyclic amines) is 1. The molecular formula is C14H16N4O2. The van der Waals surface area contributed by atoms with Gasteiger partial charge >= 0.3 is 0 Å². The van der Waals surface area contributed by atoms with Crippen molar-refractivity contribution in [3.8, 4) is 0 Å². The first kappa shape index (κ1) is 12.7. The predicted molar refractivity (Wildman–Crippen MR) is 73.7 cm³/mol. The highest BCUT2D eigenvalue weighted by Crippen LogP contribution is 2.18. The summed E-state index contributed by atoms with van der Waals surface area (Å²) in [6.45, 7) is 1.04. The van der Waals surface area contributed by atoms with Gasteiger partial charge in [-0.15, -0.1) is 0 Å². The third kappa shape index (κ3) is 2.36. The van der Waals surface area contributed by atoms with E-state index in [2.05, 4.69) is 16.0 Å². The lowest BCUT2D eigenvalue weighted by Crippen LogP contribution is -2.30. The molecule has 0 radical (unpaired) electrons. The Kier molecular flexibility index (Phi) is 3.14. The number of pyridine rings is 1. The molecule has 6 heteroatoms. The normalized spacial score (nSPS) is 18.9. The summed E-state index contributed by atoms with van der Waals surface area (Å²) in [7, 11) is 0. The molecule has 0 aliphatic carbocycles. The van der Waals surface area contributed by atoms with Crippen LogP contribution in [0, 0.1) is 5.92 Å². The Labute approximate surface area is 116 Å². The molecule has 3 heterocycles. The largest absolute Gasteiger partial charge is 0.369 e. The third-order valence-electron chi connectivity index (χ3n) is 3.74. The fourth-order valence-corrected chi connectivity index (χ4v) is 2.56. The number of amides is 2. The second-order valence-electron chi connectivity index (χ2n) is 5.15. The molecule has 1 atom stereocenters. The van der Waals surface area contributed by atoms with Gasteiger partial charge < -0.3 is 15.6 Å². The zero-order chi connectivity index (χ0) is 14.1. The first-order valence-corrected chi connectivity index (χ1v) is 6.62. The molecule has 3 rings (SSSR count). The van der Waals surface area contributed by atoms with Crippen LogP contribution in [0.15, 0.2) is 24.5 Å². The predicted octanol–water partition coefficient (Wildman–Crippen LogP) is 0.439. The number of carbonyl (C=O) groups excluding carboxylic acids is 2. The van der Waals surface area contributed by atoms with Crippen molar-refractivity contribution in [2.24, 2.45) is 11.7 Å². The van der Waals surface area contributed by atoms with Crippen molar-refractivity contribution in [2.75, 3.05) is 13.1 Å². The number of H-pyrrole nitrogens is 1. The Bertz CT molecular complexity index is 664. The number of hydrogen-bond acceptors (Lipinski definition) is 3. The first-order valence-electron chi connectivity index (χ1n) is 6.62. The lowest BCUT2D eigenvalue weighted by atomic mass is 10.1. The van der Waals surface area contributed by atoms with Crippen LogP contribution in [0.2, 0.25) is 0 Å². The average Bonchev–Trinajstić information content (AvgIpc) is 3.02. The Morgan fingerprint density at radius 2 is 2.40 bits per heavy atom. The van der Waals surface area contributed by atoms with E-state index in [9.17, 15) is 9.59 Å². The quantitative estimate of drug-likeness (QED) is 0.845. The number of nitrogens with two attached hydrogens (primary N) is 1. The van der Waals surface area contributed by atoms with Crippen LogP contribution in [0.4, 0.5) is 0 Å². The van der Waals surface area contributed by atoms with E-state index < -0.39 is 5.91 Å². The summed E-state index contributed by atoms with van der Waals surface area (Å²) in [6.07, 6.45) is 4.63. The van der Waals surface area contributed by atoms with Crippen LogP contribution >= 0.6 is 0 Å². The molecule has 20 heavy (non-hydrogen) atoms. The van der Waals surface area contributed by atoms with E-state index in [1.54, 1.807) is 4.90 Å². The molecule has 0 bridgehead atoms. The number of fused-ring (bicyclic) bond motifs is 1. The number of primary amides is 1. The number of aromatic nitrogens is 2. The number of nitrogens with one attached hydrogen (secondary N) is 1. The van der Waals surface area contributed by atoms with Crippen molar-refractivity contribution in [1.29, 1.82) is 0 Å². The first-order chi connectivity index (χ1) is 9.63. The van der Waals surface area contributed by atoms with E-state index in [-0.39, 0.29) is 18.2 Å². The topological polar surface area (TPSA) is 92.1 Å². The number of aromatic amines is 1. The summed E-state index contributed by atoms with van der Waals surface area (Å²) < 4.78 is 0. The lowest BCUT2D eigenvalue weighted by molar-refractivity contribution is -0.128. The van der Waals surface area contributed by atoms with E-state index in [1.807, 2.05) is 18.5 Å². The monoisotopic (exact) mass is 272 g/mol.